The molecule has 1 aromatic carbocycles. The SMILES string of the molecule is CC(=O)Oc1cc(C(=O)O)ccc1Br. The number of carbonyl (C=O) groups excluding carboxylic acids is 1. The molecule has 0 radical (unpaired) electrons. The maximum absolute atomic E-state index is 10.7. The lowest BCUT2D eigenvalue weighted by Crippen LogP contribution is -2.04. The summed E-state index contributed by atoms with van der Waals surface area (Å²) in [6.45, 7) is 1.25. The molecule has 0 aliphatic heterocycles. The van der Waals surface area contributed by atoms with Gasteiger partial charge in [0.15, 0.2) is 0 Å². The standard InChI is InChI=1S/C9H7BrO4/c1-5(11)14-8-4-6(9(12)13)2-3-7(8)10/h2-4H,1H3,(H,12,13). The van der Waals surface area contributed by atoms with Gasteiger partial charge < -0.3 is 9.84 Å². The maximum Gasteiger partial charge on any atom is 0.335 e. The van der Waals surface area contributed by atoms with E-state index in [0.29, 0.717) is 4.47 Å². The molecular weight excluding hydrogens is 252 g/mol. The zero-order chi connectivity index (χ0) is 10.7. The molecule has 0 atom stereocenters. The van der Waals surface area contributed by atoms with Gasteiger partial charge in [0.25, 0.3) is 0 Å². The van der Waals surface area contributed by atoms with Crippen molar-refractivity contribution in [1.82, 2.24) is 0 Å². The molecule has 0 spiro atoms. The lowest BCUT2D eigenvalue weighted by atomic mass is 10.2. The molecule has 0 aromatic heterocycles. The fraction of sp³-hybridized carbons (Fsp3) is 0.111. The lowest BCUT2D eigenvalue weighted by Gasteiger charge is -2.04. The van der Waals surface area contributed by atoms with E-state index in [1.54, 1.807) is 0 Å². The summed E-state index contributed by atoms with van der Waals surface area (Å²) in [5, 5.41) is 8.68. The fourth-order valence-electron chi connectivity index (χ4n) is 0.869. The van der Waals surface area contributed by atoms with Crippen molar-refractivity contribution in [3.63, 3.8) is 0 Å². The van der Waals surface area contributed by atoms with E-state index >= 15 is 0 Å². The van der Waals surface area contributed by atoms with Gasteiger partial charge >= 0.3 is 11.9 Å². The third-order valence-electron chi connectivity index (χ3n) is 1.43. The molecule has 1 aromatic rings. The average molecular weight is 259 g/mol. The first kappa shape index (κ1) is 10.7. The van der Waals surface area contributed by atoms with E-state index < -0.39 is 11.9 Å². The molecule has 0 fully saturated rings. The third-order valence-corrected chi connectivity index (χ3v) is 2.09. The monoisotopic (exact) mass is 258 g/mol. The summed E-state index contributed by atoms with van der Waals surface area (Å²) >= 11 is 3.14. The van der Waals surface area contributed by atoms with Crippen molar-refractivity contribution in [3.05, 3.63) is 28.2 Å². The highest BCUT2D eigenvalue weighted by Gasteiger charge is 2.09. The van der Waals surface area contributed by atoms with E-state index in [9.17, 15) is 9.59 Å². The number of carboxylic acid groups (broad SMARTS) is 1. The molecule has 4 nitrogen and oxygen atoms in total. The molecule has 0 bridgehead atoms. The van der Waals surface area contributed by atoms with Crippen LogP contribution in [0.25, 0.3) is 0 Å². The van der Waals surface area contributed by atoms with Crippen molar-refractivity contribution in [3.8, 4) is 5.75 Å². The first-order valence-electron chi connectivity index (χ1n) is 3.72. The van der Waals surface area contributed by atoms with Gasteiger partial charge in [0, 0.05) is 6.92 Å². The van der Waals surface area contributed by atoms with Crippen molar-refractivity contribution < 1.29 is 19.4 Å². The number of carboxylic acids is 1. The molecule has 0 unspecified atom stereocenters. The normalized spacial score (nSPS) is 9.57. The Morgan fingerprint density at radius 1 is 1.43 bits per heavy atom. The van der Waals surface area contributed by atoms with Gasteiger partial charge in [-0.1, -0.05) is 0 Å². The molecular formula is C9H7BrO4. The highest BCUT2D eigenvalue weighted by molar-refractivity contribution is 9.10. The van der Waals surface area contributed by atoms with E-state index in [2.05, 4.69) is 15.9 Å². The Morgan fingerprint density at radius 2 is 2.07 bits per heavy atom. The molecule has 0 saturated carbocycles. The van der Waals surface area contributed by atoms with Crippen LogP contribution in [0.3, 0.4) is 0 Å². The number of halogens is 1. The van der Waals surface area contributed by atoms with Crippen LogP contribution >= 0.6 is 15.9 Å². The van der Waals surface area contributed by atoms with Crippen LogP contribution in [0.5, 0.6) is 5.75 Å². The first-order valence-corrected chi connectivity index (χ1v) is 4.51. The fourth-order valence-corrected chi connectivity index (χ4v) is 1.20. The third kappa shape index (κ3) is 2.56. The van der Waals surface area contributed by atoms with E-state index in [-0.39, 0.29) is 11.3 Å². The van der Waals surface area contributed by atoms with Gasteiger partial charge in [-0.3, -0.25) is 4.79 Å². The van der Waals surface area contributed by atoms with Gasteiger partial charge in [0.2, 0.25) is 0 Å². The predicted molar refractivity (Wildman–Crippen MR) is 52.4 cm³/mol. The van der Waals surface area contributed by atoms with Crippen LogP contribution in [0.4, 0.5) is 0 Å². The summed E-state index contributed by atoms with van der Waals surface area (Å²) in [5.41, 5.74) is 0.0736. The van der Waals surface area contributed by atoms with Gasteiger partial charge in [-0.15, -0.1) is 0 Å². The second-order valence-corrected chi connectivity index (χ2v) is 3.40. The number of hydrogen-bond donors (Lipinski definition) is 1. The Morgan fingerprint density at radius 3 is 2.57 bits per heavy atom. The highest BCUT2D eigenvalue weighted by atomic mass is 79.9. The van der Waals surface area contributed by atoms with Crippen molar-refractivity contribution in [2.24, 2.45) is 0 Å². The van der Waals surface area contributed by atoms with Gasteiger partial charge in [-0.25, -0.2) is 4.79 Å². The van der Waals surface area contributed by atoms with Crippen LogP contribution < -0.4 is 4.74 Å². The zero-order valence-electron chi connectivity index (χ0n) is 7.28. The molecule has 0 amide bonds. The summed E-state index contributed by atoms with van der Waals surface area (Å²) in [6, 6.07) is 4.22. The number of aromatic carboxylic acids is 1. The number of rotatable bonds is 2. The minimum atomic E-state index is -1.06. The Bertz CT molecular complexity index is 386. The molecule has 1 rings (SSSR count). The van der Waals surface area contributed by atoms with Crippen molar-refractivity contribution in [2.75, 3.05) is 0 Å². The molecule has 0 aliphatic carbocycles. The Balaban J connectivity index is 3.08. The molecule has 0 heterocycles. The van der Waals surface area contributed by atoms with Crippen LogP contribution in [-0.2, 0) is 4.79 Å². The van der Waals surface area contributed by atoms with E-state index in [4.69, 9.17) is 9.84 Å². The van der Waals surface area contributed by atoms with Crippen LogP contribution in [-0.4, -0.2) is 17.0 Å². The zero-order valence-corrected chi connectivity index (χ0v) is 8.87. The van der Waals surface area contributed by atoms with Gasteiger partial charge in [0.1, 0.15) is 5.75 Å². The van der Waals surface area contributed by atoms with Crippen LogP contribution in [0.1, 0.15) is 17.3 Å². The minimum absolute atomic E-state index is 0.0736. The predicted octanol–water partition coefficient (Wildman–Crippen LogP) is 2.07. The maximum atomic E-state index is 10.7. The Hall–Kier alpha value is -1.36. The summed E-state index contributed by atoms with van der Waals surface area (Å²) in [5.74, 6) is -1.35. The summed E-state index contributed by atoms with van der Waals surface area (Å²) in [4.78, 5) is 21.3. The van der Waals surface area contributed by atoms with Crippen molar-refractivity contribution in [1.29, 1.82) is 0 Å². The second-order valence-electron chi connectivity index (χ2n) is 2.54. The first-order chi connectivity index (χ1) is 6.50. The number of hydrogen-bond acceptors (Lipinski definition) is 3. The summed E-state index contributed by atoms with van der Waals surface area (Å²) in [6.07, 6.45) is 0. The largest absolute Gasteiger partial charge is 0.478 e. The number of ether oxygens (including phenoxy) is 1. The van der Waals surface area contributed by atoms with E-state index in [0.717, 1.165) is 0 Å². The summed E-state index contributed by atoms with van der Waals surface area (Å²) in [7, 11) is 0. The van der Waals surface area contributed by atoms with Gasteiger partial charge in [-0.2, -0.15) is 0 Å². The number of esters is 1. The molecule has 14 heavy (non-hydrogen) atoms. The molecule has 74 valence electrons. The smallest absolute Gasteiger partial charge is 0.335 e. The number of carbonyl (C=O) groups is 2. The average Bonchev–Trinajstić information content (AvgIpc) is 2.07. The highest BCUT2D eigenvalue weighted by Crippen LogP contribution is 2.26. The molecule has 5 heteroatoms. The molecule has 0 saturated heterocycles. The topological polar surface area (TPSA) is 63.6 Å². The van der Waals surface area contributed by atoms with Crippen LogP contribution in [0, 0.1) is 0 Å². The number of benzene rings is 1. The Labute approximate surface area is 88.6 Å². The van der Waals surface area contributed by atoms with Crippen molar-refractivity contribution in [2.45, 2.75) is 6.92 Å². The van der Waals surface area contributed by atoms with Crippen LogP contribution in [0.15, 0.2) is 22.7 Å². The van der Waals surface area contributed by atoms with Crippen molar-refractivity contribution >= 4 is 27.9 Å². The Kier molecular flexibility index (Phi) is 3.24. The second kappa shape index (κ2) is 4.23. The van der Waals surface area contributed by atoms with E-state index in [1.807, 2.05) is 0 Å². The van der Waals surface area contributed by atoms with Gasteiger partial charge in [0.05, 0.1) is 10.0 Å². The molecule has 0 aliphatic rings. The van der Waals surface area contributed by atoms with Crippen LogP contribution in [0.2, 0.25) is 0 Å². The molecule has 1 N–H and O–H groups in total. The van der Waals surface area contributed by atoms with E-state index in [1.165, 1.54) is 25.1 Å². The minimum Gasteiger partial charge on any atom is -0.478 e. The summed E-state index contributed by atoms with van der Waals surface area (Å²) < 4.78 is 5.33. The van der Waals surface area contributed by atoms with Gasteiger partial charge in [-0.05, 0) is 34.1 Å². The quantitative estimate of drug-likeness (QED) is 0.652. The lowest BCUT2D eigenvalue weighted by molar-refractivity contribution is -0.131.